The standard InChI is InChI=1S/C12H11N5O2/c1-19-8-4-2-7(3-5-8)9-6-17-11(10(13)14-9)15-16-12(17)18/h2-6H,1H3,(H2,13,14)(H,16,18). The van der Waals surface area contributed by atoms with Gasteiger partial charge < -0.3 is 10.5 Å². The van der Waals surface area contributed by atoms with Gasteiger partial charge in [0.2, 0.25) is 5.65 Å². The van der Waals surface area contributed by atoms with E-state index in [0.717, 1.165) is 11.3 Å². The third kappa shape index (κ3) is 1.81. The first-order chi connectivity index (χ1) is 9.19. The fraction of sp³-hybridized carbons (Fsp3) is 0.0833. The molecule has 7 nitrogen and oxygen atoms in total. The monoisotopic (exact) mass is 257 g/mol. The molecule has 0 fully saturated rings. The van der Waals surface area contributed by atoms with Gasteiger partial charge in [-0.3, -0.25) is 0 Å². The third-order valence-corrected chi connectivity index (χ3v) is 2.81. The van der Waals surface area contributed by atoms with Crippen LogP contribution < -0.4 is 16.2 Å². The van der Waals surface area contributed by atoms with Crippen LogP contribution in [0.3, 0.4) is 0 Å². The van der Waals surface area contributed by atoms with Gasteiger partial charge in [-0.1, -0.05) is 0 Å². The number of hydrogen-bond acceptors (Lipinski definition) is 5. The second-order valence-electron chi connectivity index (χ2n) is 3.96. The Bertz CT molecular complexity index is 788. The Hall–Kier alpha value is -2.83. The topological polar surface area (TPSA) is 98.3 Å². The highest BCUT2D eigenvalue weighted by Gasteiger charge is 2.09. The van der Waals surface area contributed by atoms with Crippen molar-refractivity contribution in [1.82, 2.24) is 19.6 Å². The van der Waals surface area contributed by atoms with Crippen LogP contribution in [-0.4, -0.2) is 26.7 Å². The van der Waals surface area contributed by atoms with Gasteiger partial charge in [0.25, 0.3) is 0 Å². The zero-order valence-electron chi connectivity index (χ0n) is 10.1. The second kappa shape index (κ2) is 4.13. The minimum Gasteiger partial charge on any atom is -0.497 e. The smallest absolute Gasteiger partial charge is 0.347 e. The summed E-state index contributed by atoms with van der Waals surface area (Å²) in [6, 6.07) is 7.32. The van der Waals surface area contributed by atoms with Crippen molar-refractivity contribution in [3.63, 3.8) is 0 Å². The number of H-pyrrole nitrogens is 1. The van der Waals surface area contributed by atoms with Gasteiger partial charge in [0.05, 0.1) is 12.8 Å². The zero-order valence-corrected chi connectivity index (χ0v) is 10.1. The Kier molecular flexibility index (Phi) is 2.45. The molecule has 0 atom stereocenters. The van der Waals surface area contributed by atoms with Crippen LogP contribution in [0.2, 0.25) is 0 Å². The van der Waals surface area contributed by atoms with Gasteiger partial charge in [-0.2, -0.15) is 0 Å². The van der Waals surface area contributed by atoms with E-state index in [2.05, 4.69) is 15.2 Å². The normalized spacial score (nSPS) is 10.8. The van der Waals surface area contributed by atoms with E-state index in [1.807, 2.05) is 24.3 Å². The second-order valence-corrected chi connectivity index (χ2v) is 3.96. The number of nitrogens with two attached hydrogens (primary N) is 1. The number of fused-ring (bicyclic) bond motifs is 1. The first-order valence-electron chi connectivity index (χ1n) is 5.57. The molecule has 0 aliphatic rings. The molecular weight excluding hydrogens is 246 g/mol. The lowest BCUT2D eigenvalue weighted by Gasteiger charge is -2.04. The van der Waals surface area contributed by atoms with Crippen LogP contribution in [0.15, 0.2) is 35.3 Å². The highest BCUT2D eigenvalue weighted by atomic mass is 16.5. The average molecular weight is 257 g/mol. The van der Waals surface area contributed by atoms with Crippen molar-refractivity contribution in [3.8, 4) is 17.0 Å². The molecule has 0 saturated heterocycles. The van der Waals surface area contributed by atoms with E-state index in [-0.39, 0.29) is 11.5 Å². The maximum atomic E-state index is 11.6. The lowest BCUT2D eigenvalue weighted by molar-refractivity contribution is 0.415. The van der Waals surface area contributed by atoms with E-state index in [4.69, 9.17) is 10.5 Å². The summed E-state index contributed by atoms with van der Waals surface area (Å²) in [5.74, 6) is 0.949. The van der Waals surface area contributed by atoms with Gasteiger partial charge in [-0.25, -0.2) is 19.3 Å². The highest BCUT2D eigenvalue weighted by molar-refractivity contribution is 5.67. The summed E-state index contributed by atoms with van der Waals surface area (Å²) in [6.07, 6.45) is 1.60. The number of hydrogen-bond donors (Lipinski definition) is 2. The van der Waals surface area contributed by atoms with Crippen molar-refractivity contribution in [2.45, 2.75) is 0 Å². The van der Waals surface area contributed by atoms with Crippen molar-refractivity contribution >= 4 is 11.5 Å². The Morgan fingerprint density at radius 2 is 2.05 bits per heavy atom. The van der Waals surface area contributed by atoms with Gasteiger partial charge in [-0.05, 0) is 24.3 Å². The largest absolute Gasteiger partial charge is 0.497 e. The van der Waals surface area contributed by atoms with Crippen LogP contribution >= 0.6 is 0 Å². The fourth-order valence-corrected chi connectivity index (χ4v) is 1.84. The number of anilines is 1. The molecule has 3 N–H and O–H groups in total. The van der Waals surface area contributed by atoms with Crippen LogP contribution in [0, 0.1) is 0 Å². The number of nitrogens with zero attached hydrogens (tertiary/aromatic N) is 3. The summed E-state index contributed by atoms with van der Waals surface area (Å²) < 4.78 is 6.43. The predicted molar refractivity (Wildman–Crippen MR) is 70.0 cm³/mol. The summed E-state index contributed by atoms with van der Waals surface area (Å²) >= 11 is 0. The number of ether oxygens (including phenoxy) is 1. The molecule has 19 heavy (non-hydrogen) atoms. The van der Waals surface area contributed by atoms with Gasteiger partial charge in [-0.15, -0.1) is 5.10 Å². The molecule has 0 spiro atoms. The number of nitrogen functional groups attached to an aromatic ring is 1. The average Bonchev–Trinajstić information content (AvgIpc) is 2.81. The summed E-state index contributed by atoms with van der Waals surface area (Å²) in [6.45, 7) is 0. The molecule has 1 aromatic carbocycles. The molecule has 0 bridgehead atoms. The van der Waals surface area contributed by atoms with Crippen LogP contribution in [0.5, 0.6) is 5.75 Å². The Labute approximate surface area is 107 Å². The minimum atomic E-state index is -0.348. The van der Waals surface area contributed by atoms with Crippen LogP contribution in [-0.2, 0) is 0 Å². The first-order valence-corrected chi connectivity index (χ1v) is 5.57. The van der Waals surface area contributed by atoms with Gasteiger partial charge in [0.15, 0.2) is 5.82 Å². The van der Waals surface area contributed by atoms with Crippen molar-refractivity contribution in [2.24, 2.45) is 0 Å². The first kappa shape index (κ1) is 11.3. The maximum absolute atomic E-state index is 11.6. The molecule has 0 amide bonds. The van der Waals surface area contributed by atoms with E-state index < -0.39 is 0 Å². The van der Waals surface area contributed by atoms with Crippen LogP contribution in [0.1, 0.15) is 0 Å². The van der Waals surface area contributed by atoms with Crippen molar-refractivity contribution < 1.29 is 4.74 Å². The molecule has 0 unspecified atom stereocenters. The number of aromatic nitrogens is 4. The van der Waals surface area contributed by atoms with Crippen molar-refractivity contribution in [1.29, 1.82) is 0 Å². The molecule has 3 aromatic rings. The predicted octanol–water partition coefficient (Wildman–Crippen LogP) is 0.675. The SMILES string of the molecule is COc1ccc(-c2cn3c(=O)[nH]nc3c(N)n2)cc1. The summed E-state index contributed by atoms with van der Waals surface area (Å²) in [7, 11) is 1.60. The molecule has 96 valence electrons. The van der Waals surface area contributed by atoms with Gasteiger partial charge in [0.1, 0.15) is 5.75 Å². The van der Waals surface area contributed by atoms with Crippen LogP contribution in [0.25, 0.3) is 16.9 Å². The molecule has 3 rings (SSSR count). The number of nitrogens with one attached hydrogen (secondary N) is 1. The fourth-order valence-electron chi connectivity index (χ4n) is 1.84. The zero-order chi connectivity index (χ0) is 13.4. The summed E-state index contributed by atoms with van der Waals surface area (Å²) in [4.78, 5) is 15.8. The molecule has 2 aromatic heterocycles. The Morgan fingerprint density at radius 1 is 1.32 bits per heavy atom. The molecule has 0 saturated carbocycles. The molecule has 0 aliphatic carbocycles. The number of aromatic amines is 1. The summed E-state index contributed by atoms with van der Waals surface area (Å²) in [5, 5.41) is 6.13. The van der Waals surface area contributed by atoms with E-state index in [0.29, 0.717) is 11.3 Å². The Balaban J connectivity index is 2.18. The van der Waals surface area contributed by atoms with E-state index >= 15 is 0 Å². The number of rotatable bonds is 2. The van der Waals surface area contributed by atoms with E-state index in [1.165, 1.54) is 4.40 Å². The van der Waals surface area contributed by atoms with E-state index in [1.54, 1.807) is 13.3 Å². The molecule has 0 aliphatic heterocycles. The maximum Gasteiger partial charge on any atom is 0.347 e. The van der Waals surface area contributed by atoms with Crippen molar-refractivity contribution in [2.75, 3.05) is 12.8 Å². The minimum absolute atomic E-state index is 0.201. The molecule has 7 heteroatoms. The lowest BCUT2D eigenvalue weighted by atomic mass is 10.1. The third-order valence-electron chi connectivity index (χ3n) is 2.81. The quantitative estimate of drug-likeness (QED) is 0.703. The lowest BCUT2D eigenvalue weighted by Crippen LogP contribution is -2.10. The van der Waals surface area contributed by atoms with Crippen LogP contribution in [0.4, 0.5) is 5.82 Å². The van der Waals surface area contributed by atoms with Gasteiger partial charge in [0, 0.05) is 11.8 Å². The highest BCUT2D eigenvalue weighted by Crippen LogP contribution is 2.21. The molecule has 2 heterocycles. The molecule has 0 radical (unpaired) electrons. The van der Waals surface area contributed by atoms with Gasteiger partial charge >= 0.3 is 5.69 Å². The van der Waals surface area contributed by atoms with Crippen molar-refractivity contribution in [3.05, 3.63) is 40.9 Å². The number of benzene rings is 1. The summed E-state index contributed by atoms with van der Waals surface area (Å²) in [5.41, 5.74) is 7.19. The number of methoxy groups -OCH3 is 1. The molecular formula is C12H11N5O2. The van der Waals surface area contributed by atoms with E-state index in [9.17, 15) is 4.79 Å². The Morgan fingerprint density at radius 3 is 2.74 bits per heavy atom.